The molecular weight excluding hydrogens is 318 g/mol. The maximum Gasteiger partial charge on any atom is 0.342 e. The summed E-state index contributed by atoms with van der Waals surface area (Å²) in [5.74, 6) is 0.0898. The Morgan fingerprint density at radius 1 is 1.17 bits per heavy atom. The van der Waals surface area contributed by atoms with E-state index < -0.39 is 18.0 Å². The van der Waals surface area contributed by atoms with Crippen LogP contribution in [0.1, 0.15) is 34.4 Å². The van der Waals surface area contributed by atoms with Gasteiger partial charge < -0.3 is 14.5 Å². The molecule has 5 nitrogen and oxygen atoms in total. The van der Waals surface area contributed by atoms with E-state index in [2.05, 4.69) is 5.32 Å². The van der Waals surface area contributed by atoms with Crippen LogP contribution in [0.3, 0.4) is 0 Å². The Labute approximate surface area is 139 Å². The number of hydrogen-bond acceptors (Lipinski definition) is 4. The highest BCUT2D eigenvalue weighted by molar-refractivity contribution is 6.33. The second-order valence-electron chi connectivity index (χ2n) is 5.23. The van der Waals surface area contributed by atoms with Crippen molar-refractivity contribution in [3.05, 3.63) is 51.9 Å². The van der Waals surface area contributed by atoms with Crippen molar-refractivity contribution >= 4 is 29.2 Å². The summed E-state index contributed by atoms with van der Waals surface area (Å²) in [5, 5.41) is 3.04. The molecule has 0 unspecified atom stereocenters. The number of esters is 1. The van der Waals surface area contributed by atoms with E-state index in [1.54, 1.807) is 45.0 Å². The molecule has 2 aromatic rings. The van der Waals surface area contributed by atoms with Crippen LogP contribution in [-0.2, 0) is 9.53 Å². The topological polar surface area (TPSA) is 68.5 Å². The van der Waals surface area contributed by atoms with E-state index in [4.69, 9.17) is 20.8 Å². The van der Waals surface area contributed by atoms with Crippen LogP contribution < -0.4 is 5.32 Å². The van der Waals surface area contributed by atoms with E-state index in [9.17, 15) is 9.59 Å². The largest absolute Gasteiger partial charge is 0.465 e. The average Bonchev–Trinajstić information content (AvgIpc) is 2.74. The standard InChI is InChI=1S/C17H18ClNO4/c1-9-10(2)22-11(3)15(9)17(21)23-12(4)16(20)19-14-8-6-5-7-13(14)18/h5-8,12H,1-4H3,(H,19,20)/t12-/m1/s1. The van der Waals surface area contributed by atoms with Crippen LogP contribution in [-0.4, -0.2) is 18.0 Å². The molecule has 0 spiro atoms. The Bertz CT molecular complexity index is 751. The average molecular weight is 336 g/mol. The van der Waals surface area contributed by atoms with E-state index in [1.165, 1.54) is 6.92 Å². The molecule has 0 aliphatic rings. The number of para-hydroxylation sites is 1. The molecule has 0 radical (unpaired) electrons. The van der Waals surface area contributed by atoms with Crippen LogP contribution in [0.4, 0.5) is 5.69 Å². The number of carbonyl (C=O) groups is 2. The van der Waals surface area contributed by atoms with Crippen LogP contribution in [0.25, 0.3) is 0 Å². The molecule has 0 fully saturated rings. The Morgan fingerprint density at radius 2 is 1.83 bits per heavy atom. The molecule has 6 heteroatoms. The van der Waals surface area contributed by atoms with Gasteiger partial charge in [-0.05, 0) is 39.8 Å². The van der Waals surface area contributed by atoms with E-state index in [1.807, 2.05) is 0 Å². The van der Waals surface area contributed by atoms with Gasteiger partial charge in [-0.15, -0.1) is 0 Å². The minimum Gasteiger partial charge on any atom is -0.465 e. The van der Waals surface area contributed by atoms with Gasteiger partial charge in [0.25, 0.3) is 5.91 Å². The molecule has 1 atom stereocenters. The SMILES string of the molecule is Cc1oc(C)c(C(=O)O[C@H](C)C(=O)Nc2ccccc2Cl)c1C. The third-order valence-electron chi connectivity index (χ3n) is 3.55. The van der Waals surface area contributed by atoms with Gasteiger partial charge in [-0.1, -0.05) is 23.7 Å². The summed E-state index contributed by atoms with van der Waals surface area (Å²) in [7, 11) is 0. The molecule has 1 aromatic carbocycles. The second kappa shape index (κ2) is 6.87. The van der Waals surface area contributed by atoms with Crippen LogP contribution in [0.5, 0.6) is 0 Å². The van der Waals surface area contributed by atoms with Crippen molar-refractivity contribution in [1.82, 2.24) is 0 Å². The Kier molecular flexibility index (Phi) is 5.11. The van der Waals surface area contributed by atoms with Gasteiger partial charge in [-0.3, -0.25) is 4.79 Å². The van der Waals surface area contributed by atoms with E-state index >= 15 is 0 Å². The van der Waals surface area contributed by atoms with Crippen LogP contribution in [0.15, 0.2) is 28.7 Å². The molecule has 0 saturated heterocycles. The molecule has 0 aliphatic carbocycles. The van der Waals surface area contributed by atoms with Crippen molar-refractivity contribution in [3.8, 4) is 0 Å². The summed E-state index contributed by atoms with van der Waals surface area (Å²) in [6.45, 7) is 6.73. The quantitative estimate of drug-likeness (QED) is 0.856. The number of amides is 1. The molecule has 1 heterocycles. The summed E-state index contributed by atoms with van der Waals surface area (Å²) in [5.41, 5.74) is 1.54. The number of furan rings is 1. The fraction of sp³-hybridized carbons (Fsp3) is 0.294. The summed E-state index contributed by atoms with van der Waals surface area (Å²) < 4.78 is 10.6. The Hall–Kier alpha value is -2.27. The lowest BCUT2D eigenvalue weighted by Crippen LogP contribution is -2.30. The fourth-order valence-electron chi connectivity index (χ4n) is 2.16. The lowest BCUT2D eigenvalue weighted by atomic mass is 10.1. The summed E-state index contributed by atoms with van der Waals surface area (Å²) in [6, 6.07) is 6.84. The molecule has 122 valence electrons. The summed E-state index contributed by atoms with van der Waals surface area (Å²) in [4.78, 5) is 24.4. The number of carbonyl (C=O) groups excluding carboxylic acids is 2. The van der Waals surface area contributed by atoms with Gasteiger partial charge in [-0.25, -0.2) is 4.79 Å². The van der Waals surface area contributed by atoms with E-state index in [-0.39, 0.29) is 0 Å². The number of hydrogen-bond donors (Lipinski definition) is 1. The zero-order valence-corrected chi connectivity index (χ0v) is 14.2. The highest BCUT2D eigenvalue weighted by Crippen LogP contribution is 2.23. The lowest BCUT2D eigenvalue weighted by Gasteiger charge is -2.14. The molecule has 1 amide bonds. The number of aryl methyl sites for hydroxylation is 2. The van der Waals surface area contributed by atoms with Crippen molar-refractivity contribution in [1.29, 1.82) is 0 Å². The first-order valence-electron chi connectivity index (χ1n) is 7.14. The Balaban J connectivity index is 2.06. The van der Waals surface area contributed by atoms with Crippen molar-refractivity contribution < 1.29 is 18.7 Å². The third-order valence-corrected chi connectivity index (χ3v) is 3.88. The predicted molar refractivity (Wildman–Crippen MR) is 87.9 cm³/mol. The maximum atomic E-state index is 12.2. The van der Waals surface area contributed by atoms with E-state index in [0.717, 1.165) is 0 Å². The minimum atomic E-state index is -0.965. The van der Waals surface area contributed by atoms with Crippen molar-refractivity contribution in [2.75, 3.05) is 5.32 Å². The van der Waals surface area contributed by atoms with Crippen molar-refractivity contribution in [2.24, 2.45) is 0 Å². The molecule has 1 aromatic heterocycles. The molecular formula is C17H18ClNO4. The molecule has 0 bridgehead atoms. The van der Waals surface area contributed by atoms with Gasteiger partial charge in [0.1, 0.15) is 17.1 Å². The van der Waals surface area contributed by atoms with Crippen LogP contribution in [0, 0.1) is 20.8 Å². The molecule has 1 N–H and O–H groups in total. The number of ether oxygens (including phenoxy) is 1. The monoisotopic (exact) mass is 335 g/mol. The Morgan fingerprint density at radius 3 is 2.39 bits per heavy atom. The number of rotatable bonds is 4. The van der Waals surface area contributed by atoms with Gasteiger partial charge >= 0.3 is 5.97 Å². The molecule has 2 rings (SSSR count). The molecule has 0 aliphatic heterocycles. The van der Waals surface area contributed by atoms with Gasteiger partial charge in [0.05, 0.1) is 10.7 Å². The number of benzene rings is 1. The first-order chi connectivity index (χ1) is 10.8. The second-order valence-corrected chi connectivity index (χ2v) is 5.64. The predicted octanol–water partition coefficient (Wildman–Crippen LogP) is 4.04. The van der Waals surface area contributed by atoms with Gasteiger partial charge in [-0.2, -0.15) is 0 Å². The molecule has 23 heavy (non-hydrogen) atoms. The number of halogens is 1. The smallest absolute Gasteiger partial charge is 0.342 e. The van der Waals surface area contributed by atoms with Gasteiger partial charge in [0.2, 0.25) is 0 Å². The first kappa shape index (κ1) is 17.1. The van der Waals surface area contributed by atoms with Crippen molar-refractivity contribution in [3.63, 3.8) is 0 Å². The zero-order chi connectivity index (χ0) is 17.1. The van der Waals surface area contributed by atoms with Crippen molar-refractivity contribution in [2.45, 2.75) is 33.8 Å². The number of nitrogens with one attached hydrogen (secondary N) is 1. The van der Waals surface area contributed by atoms with Crippen LogP contribution in [0.2, 0.25) is 5.02 Å². The fourth-order valence-corrected chi connectivity index (χ4v) is 2.35. The van der Waals surface area contributed by atoms with Gasteiger partial charge in [0.15, 0.2) is 6.10 Å². The highest BCUT2D eigenvalue weighted by atomic mass is 35.5. The first-order valence-corrected chi connectivity index (χ1v) is 7.52. The number of anilines is 1. The maximum absolute atomic E-state index is 12.2. The minimum absolute atomic E-state index is 0.361. The third kappa shape index (κ3) is 3.74. The zero-order valence-electron chi connectivity index (χ0n) is 13.4. The van der Waals surface area contributed by atoms with Crippen LogP contribution >= 0.6 is 11.6 Å². The highest BCUT2D eigenvalue weighted by Gasteiger charge is 2.24. The molecule has 0 saturated carbocycles. The normalized spacial score (nSPS) is 11.9. The van der Waals surface area contributed by atoms with E-state index in [0.29, 0.717) is 33.4 Å². The summed E-state index contributed by atoms with van der Waals surface area (Å²) in [6.07, 6.45) is -0.965. The lowest BCUT2D eigenvalue weighted by molar-refractivity contribution is -0.123. The van der Waals surface area contributed by atoms with Gasteiger partial charge in [0, 0.05) is 5.56 Å². The summed E-state index contributed by atoms with van der Waals surface area (Å²) >= 11 is 5.98.